The zero-order chi connectivity index (χ0) is 17.6. The topological polar surface area (TPSA) is 103 Å². The first-order valence-corrected chi connectivity index (χ1v) is 7.54. The molecule has 0 radical (unpaired) electrons. The van der Waals surface area contributed by atoms with E-state index < -0.39 is 23.9 Å². The Kier molecular flexibility index (Phi) is 6.82. The fourth-order valence-electron chi connectivity index (χ4n) is 1.82. The minimum Gasteiger partial charge on any atom is -0.444 e. The van der Waals surface area contributed by atoms with Gasteiger partial charge in [-0.05, 0) is 44.9 Å². The number of ether oxygens (including phenoxy) is 1. The lowest BCUT2D eigenvalue weighted by Crippen LogP contribution is -2.34. The van der Waals surface area contributed by atoms with Gasteiger partial charge in [0, 0.05) is 6.54 Å². The molecule has 6 nitrogen and oxygen atoms in total. The number of rotatable bonds is 5. The Morgan fingerprint density at radius 3 is 2.61 bits per heavy atom. The largest absolute Gasteiger partial charge is 0.444 e. The Hall–Kier alpha value is -1.81. The van der Waals surface area contributed by atoms with Crippen LogP contribution in [0.2, 0.25) is 5.02 Å². The van der Waals surface area contributed by atoms with E-state index in [1.54, 1.807) is 20.8 Å². The second kappa shape index (κ2) is 8.16. The standard InChI is InChI=1S/C16H21ClN2O4/c1-16(2,3)23-15(22)19-7-6-13(20)14(21)10-4-5-11(9-18)12(17)8-10/h4-5,8,13-14,20-21H,6-7H2,1-3H3,(H,19,22). The molecule has 0 saturated heterocycles. The molecule has 3 N–H and O–H groups in total. The third kappa shape index (κ3) is 6.45. The molecule has 0 aliphatic carbocycles. The van der Waals surface area contributed by atoms with Gasteiger partial charge in [-0.1, -0.05) is 17.7 Å². The van der Waals surface area contributed by atoms with E-state index in [-0.39, 0.29) is 18.0 Å². The van der Waals surface area contributed by atoms with Crippen LogP contribution in [0.15, 0.2) is 18.2 Å². The van der Waals surface area contributed by atoms with Gasteiger partial charge in [0.05, 0.1) is 16.7 Å². The van der Waals surface area contributed by atoms with E-state index >= 15 is 0 Å². The van der Waals surface area contributed by atoms with E-state index in [1.807, 2.05) is 6.07 Å². The van der Waals surface area contributed by atoms with E-state index in [1.165, 1.54) is 18.2 Å². The summed E-state index contributed by atoms with van der Waals surface area (Å²) < 4.78 is 5.06. The van der Waals surface area contributed by atoms with Crippen LogP contribution in [0.1, 0.15) is 44.4 Å². The number of hydrogen-bond donors (Lipinski definition) is 3. The molecule has 0 aliphatic rings. The van der Waals surface area contributed by atoms with Crippen LogP contribution < -0.4 is 5.32 Å². The number of hydrogen-bond acceptors (Lipinski definition) is 5. The number of aliphatic hydroxyl groups excluding tert-OH is 2. The van der Waals surface area contributed by atoms with E-state index in [9.17, 15) is 15.0 Å². The lowest BCUT2D eigenvalue weighted by molar-refractivity contribution is 0.0123. The second-order valence-electron chi connectivity index (χ2n) is 6.08. The third-order valence-corrected chi connectivity index (χ3v) is 3.24. The molecule has 1 rings (SSSR count). The summed E-state index contributed by atoms with van der Waals surface area (Å²) in [6.45, 7) is 5.40. The van der Waals surface area contributed by atoms with Gasteiger partial charge in [0.25, 0.3) is 0 Å². The molecule has 2 atom stereocenters. The summed E-state index contributed by atoms with van der Waals surface area (Å²) in [6, 6.07) is 6.36. The van der Waals surface area contributed by atoms with E-state index in [0.717, 1.165) is 0 Å². The number of halogens is 1. The van der Waals surface area contributed by atoms with Crippen molar-refractivity contribution >= 4 is 17.7 Å². The van der Waals surface area contributed by atoms with Gasteiger partial charge >= 0.3 is 6.09 Å². The van der Waals surface area contributed by atoms with Crippen LogP contribution in [0, 0.1) is 11.3 Å². The van der Waals surface area contributed by atoms with Gasteiger partial charge < -0.3 is 20.3 Å². The van der Waals surface area contributed by atoms with Crippen molar-refractivity contribution in [1.82, 2.24) is 5.32 Å². The molecule has 0 heterocycles. The van der Waals surface area contributed by atoms with Crippen LogP contribution in [-0.4, -0.2) is 34.6 Å². The maximum Gasteiger partial charge on any atom is 0.407 e. The molecule has 2 unspecified atom stereocenters. The van der Waals surface area contributed by atoms with Gasteiger partial charge in [0.15, 0.2) is 0 Å². The van der Waals surface area contributed by atoms with E-state index in [2.05, 4.69) is 5.32 Å². The first kappa shape index (κ1) is 19.2. The minimum absolute atomic E-state index is 0.137. The molecule has 1 aromatic carbocycles. The zero-order valence-corrected chi connectivity index (χ0v) is 14.1. The molecule has 23 heavy (non-hydrogen) atoms. The summed E-state index contributed by atoms with van der Waals surface area (Å²) in [5, 5.41) is 31.6. The van der Waals surface area contributed by atoms with Gasteiger partial charge in [0.2, 0.25) is 0 Å². The second-order valence-corrected chi connectivity index (χ2v) is 6.49. The van der Waals surface area contributed by atoms with Gasteiger partial charge in [-0.2, -0.15) is 5.26 Å². The molecular weight excluding hydrogens is 320 g/mol. The monoisotopic (exact) mass is 340 g/mol. The summed E-state index contributed by atoms with van der Waals surface area (Å²) in [4.78, 5) is 11.5. The maximum atomic E-state index is 11.5. The first-order valence-electron chi connectivity index (χ1n) is 7.16. The normalized spacial score (nSPS) is 13.8. The molecule has 0 saturated carbocycles. The van der Waals surface area contributed by atoms with Crippen LogP contribution in [0.3, 0.4) is 0 Å². The number of carbonyl (C=O) groups is 1. The summed E-state index contributed by atoms with van der Waals surface area (Å²) in [5.74, 6) is 0. The molecule has 126 valence electrons. The van der Waals surface area contributed by atoms with Crippen molar-refractivity contribution in [2.75, 3.05) is 6.54 Å². The average Bonchev–Trinajstić information content (AvgIpc) is 2.44. The highest BCUT2D eigenvalue weighted by molar-refractivity contribution is 6.31. The van der Waals surface area contributed by atoms with Crippen LogP contribution in [0.4, 0.5) is 4.79 Å². The Bertz CT molecular complexity index is 593. The van der Waals surface area contributed by atoms with Gasteiger partial charge in [-0.3, -0.25) is 0 Å². The van der Waals surface area contributed by atoms with Crippen molar-refractivity contribution in [2.24, 2.45) is 0 Å². The minimum atomic E-state index is -1.17. The lowest BCUT2D eigenvalue weighted by atomic mass is 10.0. The van der Waals surface area contributed by atoms with Crippen LogP contribution >= 0.6 is 11.6 Å². The Morgan fingerprint density at radius 1 is 1.43 bits per heavy atom. The SMILES string of the molecule is CC(C)(C)OC(=O)NCCC(O)C(O)c1ccc(C#N)c(Cl)c1. The summed E-state index contributed by atoms with van der Waals surface area (Å²) in [6.07, 6.45) is -2.70. The summed E-state index contributed by atoms with van der Waals surface area (Å²) in [7, 11) is 0. The number of aliphatic hydroxyl groups is 2. The number of nitriles is 1. The van der Waals surface area contributed by atoms with Gasteiger partial charge in [-0.15, -0.1) is 0 Å². The molecule has 1 amide bonds. The molecule has 0 bridgehead atoms. The molecule has 0 spiro atoms. The Balaban J connectivity index is 2.51. The average molecular weight is 341 g/mol. The molecule has 1 aromatic rings. The molecule has 0 aromatic heterocycles. The fourth-order valence-corrected chi connectivity index (χ4v) is 2.05. The molecular formula is C16H21ClN2O4. The van der Waals surface area contributed by atoms with Gasteiger partial charge in [-0.25, -0.2) is 4.79 Å². The maximum absolute atomic E-state index is 11.5. The predicted octanol–water partition coefficient (Wildman–Crippen LogP) is 2.52. The summed E-state index contributed by atoms with van der Waals surface area (Å²) in [5.41, 5.74) is 0.101. The van der Waals surface area contributed by atoms with Crippen LogP contribution in [0.25, 0.3) is 0 Å². The van der Waals surface area contributed by atoms with Crippen molar-refractivity contribution in [3.05, 3.63) is 34.3 Å². The van der Waals surface area contributed by atoms with Crippen molar-refractivity contribution < 1.29 is 19.7 Å². The number of nitrogens with one attached hydrogen (secondary N) is 1. The van der Waals surface area contributed by atoms with Crippen LogP contribution in [-0.2, 0) is 4.74 Å². The number of carbonyl (C=O) groups excluding carboxylic acids is 1. The Labute approximate surface area is 140 Å². The zero-order valence-electron chi connectivity index (χ0n) is 13.3. The molecule has 0 aliphatic heterocycles. The highest BCUT2D eigenvalue weighted by Gasteiger charge is 2.20. The Morgan fingerprint density at radius 2 is 2.09 bits per heavy atom. The van der Waals surface area contributed by atoms with Crippen molar-refractivity contribution in [2.45, 2.75) is 45.0 Å². The molecule has 0 fully saturated rings. The van der Waals surface area contributed by atoms with Gasteiger partial charge in [0.1, 0.15) is 17.8 Å². The first-order chi connectivity index (χ1) is 10.6. The van der Waals surface area contributed by atoms with Crippen molar-refractivity contribution in [1.29, 1.82) is 5.26 Å². The quantitative estimate of drug-likeness (QED) is 0.764. The predicted molar refractivity (Wildman–Crippen MR) is 86.0 cm³/mol. The fraction of sp³-hybridized carbons (Fsp3) is 0.500. The number of benzene rings is 1. The highest BCUT2D eigenvalue weighted by atomic mass is 35.5. The van der Waals surface area contributed by atoms with Crippen molar-refractivity contribution in [3.63, 3.8) is 0 Å². The highest BCUT2D eigenvalue weighted by Crippen LogP contribution is 2.24. The molecule has 7 heteroatoms. The van der Waals surface area contributed by atoms with E-state index in [4.69, 9.17) is 21.6 Å². The third-order valence-electron chi connectivity index (χ3n) is 2.93. The lowest BCUT2D eigenvalue weighted by Gasteiger charge is -2.21. The van der Waals surface area contributed by atoms with Crippen LogP contribution in [0.5, 0.6) is 0 Å². The number of alkyl carbamates (subject to hydrolysis) is 1. The number of nitrogens with zero attached hydrogens (tertiary/aromatic N) is 1. The number of amides is 1. The smallest absolute Gasteiger partial charge is 0.407 e. The van der Waals surface area contributed by atoms with Crippen molar-refractivity contribution in [3.8, 4) is 6.07 Å². The van der Waals surface area contributed by atoms with E-state index in [0.29, 0.717) is 11.1 Å². The summed E-state index contributed by atoms with van der Waals surface area (Å²) >= 11 is 5.90.